The third-order valence-corrected chi connectivity index (χ3v) is 7.34. The van der Waals surface area contributed by atoms with Crippen LogP contribution in [0.2, 0.25) is 10.0 Å². The predicted molar refractivity (Wildman–Crippen MR) is 155 cm³/mol. The standard InChI is InChI=1S/C27H29Cl2N9O2/c1-37-6-8-38(9-7-37)14-17-4-5-22(31-12-17)35-23-10-19(32-16-33-23)18-13-30-15-34-27(18)36-26-24(28)20(39-2)11-21(40-3)25(26)29/h4-5,10-13,15-16H,6-9,14H2,1-3H3,(H,30,34,36)(H,31,32,33,35)/p+1. The van der Waals surface area contributed by atoms with E-state index in [0.717, 1.165) is 32.7 Å². The fraction of sp³-hybridized carbons (Fsp3) is 0.296. The van der Waals surface area contributed by atoms with Crippen molar-refractivity contribution in [3.05, 3.63) is 64.9 Å². The van der Waals surface area contributed by atoms with Crippen LogP contribution in [0, 0.1) is 0 Å². The van der Waals surface area contributed by atoms with Gasteiger partial charge in [0.2, 0.25) is 0 Å². The van der Waals surface area contributed by atoms with Gasteiger partial charge in [-0.25, -0.2) is 19.9 Å². The minimum atomic E-state index is 0.293. The Morgan fingerprint density at radius 3 is 2.33 bits per heavy atom. The number of ether oxygens (including phenoxy) is 2. The van der Waals surface area contributed by atoms with Gasteiger partial charge in [0.15, 0.2) is 0 Å². The summed E-state index contributed by atoms with van der Waals surface area (Å²) in [6.07, 6.45) is 6.69. The van der Waals surface area contributed by atoms with Crippen LogP contribution in [-0.2, 0) is 6.54 Å². The van der Waals surface area contributed by atoms with Crippen molar-refractivity contribution in [2.24, 2.45) is 0 Å². The Bertz CT molecular complexity index is 1440. The average Bonchev–Trinajstić information content (AvgIpc) is 2.98. The quantitative estimate of drug-likeness (QED) is 0.296. The molecule has 0 radical (unpaired) electrons. The number of nitrogens with one attached hydrogen (secondary N) is 3. The number of aromatic nitrogens is 5. The van der Waals surface area contributed by atoms with Crippen LogP contribution in [0.3, 0.4) is 0 Å². The molecule has 4 aromatic rings. The number of hydrogen-bond acceptors (Lipinski definition) is 10. The summed E-state index contributed by atoms with van der Waals surface area (Å²) in [6.45, 7) is 5.18. The number of anilines is 4. The van der Waals surface area contributed by atoms with Gasteiger partial charge in [0.25, 0.3) is 12.1 Å². The zero-order valence-electron chi connectivity index (χ0n) is 22.4. The summed E-state index contributed by atoms with van der Waals surface area (Å²) in [5.41, 5.74) is 2.84. The lowest BCUT2D eigenvalue weighted by molar-refractivity contribution is -0.381. The molecule has 3 aromatic heterocycles. The Hall–Kier alpha value is -3.77. The number of halogens is 2. The lowest BCUT2D eigenvalue weighted by Gasteiger charge is -2.32. The third-order valence-electron chi connectivity index (χ3n) is 6.59. The maximum atomic E-state index is 6.57. The molecule has 0 aliphatic carbocycles. The summed E-state index contributed by atoms with van der Waals surface area (Å²) in [7, 11) is 5.20. The van der Waals surface area contributed by atoms with Gasteiger partial charge in [-0.3, -0.25) is 4.90 Å². The van der Waals surface area contributed by atoms with Gasteiger partial charge in [-0.05, 0) is 23.7 Å². The van der Waals surface area contributed by atoms with E-state index in [2.05, 4.69) is 58.5 Å². The van der Waals surface area contributed by atoms with E-state index in [1.165, 1.54) is 26.1 Å². The average molecular weight is 584 g/mol. The first-order valence-corrected chi connectivity index (χ1v) is 13.4. The molecule has 3 N–H and O–H groups in total. The zero-order valence-corrected chi connectivity index (χ0v) is 23.9. The molecule has 40 heavy (non-hydrogen) atoms. The lowest BCUT2D eigenvalue weighted by Crippen LogP contribution is -2.43. The van der Waals surface area contributed by atoms with Gasteiger partial charge in [0, 0.05) is 51.1 Å². The SMILES string of the molecule is COc1cc(OC)c(Cl)c(Nc2nc[nH+]cc2-c2cc(Nc3ccc(CN4CCN(C)CC4)cn3)ncn2)c1Cl. The van der Waals surface area contributed by atoms with E-state index in [9.17, 15) is 0 Å². The molecule has 0 unspecified atom stereocenters. The van der Waals surface area contributed by atoms with Crippen molar-refractivity contribution in [1.82, 2.24) is 29.7 Å². The van der Waals surface area contributed by atoms with Gasteiger partial charge in [0.05, 0.1) is 25.6 Å². The molecule has 4 heterocycles. The Balaban J connectivity index is 1.34. The van der Waals surface area contributed by atoms with E-state index in [1.807, 2.05) is 18.3 Å². The highest BCUT2D eigenvalue weighted by molar-refractivity contribution is 6.41. The highest BCUT2D eigenvalue weighted by Gasteiger charge is 2.22. The summed E-state index contributed by atoms with van der Waals surface area (Å²) in [5.74, 6) is 2.55. The van der Waals surface area contributed by atoms with Crippen LogP contribution in [0.15, 0.2) is 49.3 Å². The molecule has 1 fully saturated rings. The Morgan fingerprint density at radius 2 is 1.65 bits per heavy atom. The van der Waals surface area contributed by atoms with Gasteiger partial charge >= 0.3 is 0 Å². The van der Waals surface area contributed by atoms with E-state index in [0.29, 0.717) is 55.9 Å². The third kappa shape index (κ3) is 6.34. The normalized spacial score (nSPS) is 14.1. The number of hydrogen-bond donors (Lipinski definition) is 2. The molecule has 1 aliphatic rings. The van der Waals surface area contributed by atoms with Crippen LogP contribution in [0.1, 0.15) is 5.56 Å². The van der Waals surface area contributed by atoms with Crippen molar-refractivity contribution in [3.8, 4) is 22.8 Å². The fourth-order valence-corrected chi connectivity index (χ4v) is 4.92. The van der Waals surface area contributed by atoms with Crippen LogP contribution in [0.4, 0.5) is 23.1 Å². The van der Waals surface area contributed by atoms with Crippen LogP contribution < -0.4 is 25.1 Å². The summed E-state index contributed by atoms with van der Waals surface area (Å²) in [4.78, 5) is 25.7. The molecule has 11 nitrogen and oxygen atoms in total. The molecule has 0 bridgehead atoms. The number of methoxy groups -OCH3 is 2. The first-order chi connectivity index (χ1) is 19.4. The molecule has 0 spiro atoms. The van der Waals surface area contributed by atoms with Crippen molar-refractivity contribution in [1.29, 1.82) is 0 Å². The van der Waals surface area contributed by atoms with Crippen molar-refractivity contribution in [2.75, 3.05) is 58.1 Å². The van der Waals surface area contributed by atoms with E-state index in [-0.39, 0.29) is 0 Å². The van der Waals surface area contributed by atoms with E-state index >= 15 is 0 Å². The molecule has 0 atom stereocenters. The molecular formula is C27H30Cl2N9O2+. The summed E-state index contributed by atoms with van der Waals surface area (Å²) in [5, 5.41) is 7.06. The molecule has 5 rings (SSSR count). The fourth-order valence-electron chi connectivity index (χ4n) is 4.33. The second-order valence-electron chi connectivity index (χ2n) is 9.29. The molecule has 208 valence electrons. The molecule has 13 heteroatoms. The molecule has 1 aliphatic heterocycles. The van der Waals surface area contributed by atoms with Gasteiger partial charge in [-0.1, -0.05) is 29.3 Å². The molecule has 1 aromatic carbocycles. The Morgan fingerprint density at radius 1 is 0.900 bits per heavy atom. The van der Waals surface area contributed by atoms with Crippen LogP contribution in [0.5, 0.6) is 11.5 Å². The molecule has 0 saturated carbocycles. The van der Waals surface area contributed by atoms with Gasteiger partial charge in [-0.15, -0.1) is 0 Å². The van der Waals surface area contributed by atoms with E-state index < -0.39 is 0 Å². The number of rotatable bonds is 9. The van der Waals surface area contributed by atoms with Crippen molar-refractivity contribution in [3.63, 3.8) is 0 Å². The maximum Gasteiger partial charge on any atom is 0.286 e. The van der Waals surface area contributed by atoms with Crippen LogP contribution in [0.25, 0.3) is 11.3 Å². The van der Waals surface area contributed by atoms with Crippen molar-refractivity contribution < 1.29 is 14.5 Å². The highest BCUT2D eigenvalue weighted by Crippen LogP contribution is 2.45. The monoisotopic (exact) mass is 582 g/mol. The Kier molecular flexibility index (Phi) is 8.75. The number of aromatic amines is 1. The highest BCUT2D eigenvalue weighted by atomic mass is 35.5. The lowest BCUT2D eigenvalue weighted by atomic mass is 10.2. The van der Waals surface area contributed by atoms with Gasteiger partial charge in [-0.2, -0.15) is 0 Å². The van der Waals surface area contributed by atoms with Crippen LogP contribution >= 0.6 is 23.2 Å². The largest absolute Gasteiger partial charge is 0.495 e. The predicted octanol–water partition coefficient (Wildman–Crippen LogP) is 4.31. The molecule has 0 amide bonds. The van der Waals surface area contributed by atoms with Crippen molar-refractivity contribution in [2.45, 2.75) is 6.54 Å². The number of benzene rings is 1. The topological polar surface area (TPSA) is 115 Å². The second kappa shape index (κ2) is 12.6. The number of pyridine rings is 1. The van der Waals surface area contributed by atoms with E-state index in [4.69, 9.17) is 32.7 Å². The smallest absolute Gasteiger partial charge is 0.286 e. The van der Waals surface area contributed by atoms with Crippen LogP contribution in [-0.4, -0.2) is 77.2 Å². The van der Waals surface area contributed by atoms with Gasteiger partial charge in [0.1, 0.15) is 51.3 Å². The number of likely N-dealkylation sites (N-methyl/N-ethyl adjacent to an activating group) is 1. The molecule has 1 saturated heterocycles. The molecular weight excluding hydrogens is 553 g/mol. The minimum absolute atomic E-state index is 0.293. The summed E-state index contributed by atoms with van der Waals surface area (Å²) in [6, 6.07) is 7.48. The number of H-pyrrole nitrogens is 1. The Labute approximate surface area is 242 Å². The number of nitrogens with zero attached hydrogens (tertiary/aromatic N) is 6. The van der Waals surface area contributed by atoms with Crippen molar-refractivity contribution >= 4 is 46.3 Å². The number of piperazine rings is 1. The summed E-state index contributed by atoms with van der Waals surface area (Å²) >= 11 is 13.1. The second-order valence-corrected chi connectivity index (χ2v) is 10.0. The first-order valence-electron chi connectivity index (χ1n) is 12.6. The van der Waals surface area contributed by atoms with Gasteiger partial charge < -0.3 is 25.0 Å². The minimum Gasteiger partial charge on any atom is -0.495 e. The first kappa shape index (κ1) is 27.8. The van der Waals surface area contributed by atoms with E-state index in [1.54, 1.807) is 18.6 Å². The summed E-state index contributed by atoms with van der Waals surface area (Å²) < 4.78 is 10.8. The zero-order chi connectivity index (χ0) is 28.1. The maximum absolute atomic E-state index is 6.57.